The highest BCUT2D eigenvalue weighted by Crippen LogP contribution is 2.34. The highest BCUT2D eigenvalue weighted by molar-refractivity contribution is 6.84. The van der Waals surface area contributed by atoms with Crippen molar-refractivity contribution in [2.24, 2.45) is 11.8 Å². The summed E-state index contributed by atoms with van der Waals surface area (Å²) < 4.78 is 29.7. The molecule has 2 atom stereocenters. The summed E-state index contributed by atoms with van der Waals surface area (Å²) in [6.07, 6.45) is 1.44. The van der Waals surface area contributed by atoms with E-state index in [1.54, 1.807) is 66.7 Å². The van der Waals surface area contributed by atoms with Crippen LogP contribution < -0.4 is 9.47 Å². The molecule has 2 unspecified atom stereocenters. The minimum Gasteiger partial charge on any atom is -0.462 e. The maximum Gasteiger partial charge on any atom is 0.338 e. The van der Waals surface area contributed by atoms with Gasteiger partial charge >= 0.3 is 11.9 Å². The highest BCUT2D eigenvalue weighted by atomic mass is 28.4. The average molecular weight is 799 g/mol. The third-order valence-corrected chi connectivity index (χ3v) is 16.8. The van der Waals surface area contributed by atoms with E-state index in [9.17, 15) is 14.9 Å². The molecule has 0 aromatic heterocycles. The van der Waals surface area contributed by atoms with Gasteiger partial charge in [0.2, 0.25) is 0 Å². The number of carbonyl (C=O) groups is 2. The van der Waals surface area contributed by atoms with Gasteiger partial charge in [-0.2, -0.15) is 10.5 Å². The topological polar surface area (TPSA) is 137 Å². The fourth-order valence-electron chi connectivity index (χ4n) is 6.70. The Balaban J connectivity index is 1.14. The number of benzene rings is 4. The van der Waals surface area contributed by atoms with Crippen LogP contribution in [0.5, 0.6) is 23.0 Å². The van der Waals surface area contributed by atoms with Crippen molar-refractivity contribution in [3.05, 3.63) is 130 Å². The van der Waals surface area contributed by atoms with E-state index < -0.39 is 28.6 Å². The lowest BCUT2D eigenvalue weighted by atomic mass is 10.1. The van der Waals surface area contributed by atoms with Gasteiger partial charge in [-0.25, -0.2) is 14.4 Å². The van der Waals surface area contributed by atoms with Crippen LogP contribution in [0, 0.1) is 47.6 Å². The molecule has 4 rings (SSSR count). The first-order chi connectivity index (χ1) is 27.1. The van der Waals surface area contributed by atoms with Crippen LogP contribution in [0.2, 0.25) is 38.3 Å². The molecule has 0 aliphatic rings. The van der Waals surface area contributed by atoms with E-state index in [4.69, 9.17) is 41.5 Å². The van der Waals surface area contributed by atoms with Crippen LogP contribution >= 0.6 is 0 Å². The molecule has 0 radical (unpaired) electrons. The summed E-state index contributed by atoms with van der Waals surface area (Å²) in [7, 11) is -4.08. The van der Waals surface area contributed by atoms with E-state index in [2.05, 4.69) is 49.7 Å². The number of hydrogen-bond donors (Lipinski definition) is 0. The van der Waals surface area contributed by atoms with Gasteiger partial charge in [-0.3, -0.25) is 4.85 Å². The third-order valence-electron chi connectivity index (χ3n) is 8.99. The Labute approximate surface area is 337 Å². The summed E-state index contributed by atoms with van der Waals surface area (Å²) >= 11 is 0. The van der Waals surface area contributed by atoms with Crippen LogP contribution in [0.4, 0.5) is 11.4 Å². The molecular weight excluding hydrogens is 753 g/mol. The second-order valence-electron chi connectivity index (χ2n) is 15.1. The molecular formula is C44H46N4O7Si2. The van der Waals surface area contributed by atoms with Crippen molar-refractivity contribution >= 4 is 39.9 Å². The van der Waals surface area contributed by atoms with Crippen LogP contribution in [0.15, 0.2) is 84.9 Å². The molecule has 4 aromatic rings. The van der Waals surface area contributed by atoms with Crippen molar-refractivity contribution in [1.29, 1.82) is 10.5 Å². The Hall–Kier alpha value is -6.23. The van der Waals surface area contributed by atoms with Gasteiger partial charge in [-0.1, -0.05) is 19.9 Å². The maximum absolute atomic E-state index is 12.7. The van der Waals surface area contributed by atoms with Crippen LogP contribution in [-0.2, 0) is 13.6 Å². The quantitative estimate of drug-likeness (QED) is 0.0547. The fraction of sp³-hybridized carbons (Fsp3) is 0.318. The Bertz CT molecular complexity index is 2060. The van der Waals surface area contributed by atoms with Crippen LogP contribution in [0.1, 0.15) is 58.5 Å². The predicted octanol–water partition coefficient (Wildman–Crippen LogP) is 11.6. The van der Waals surface area contributed by atoms with E-state index >= 15 is 0 Å². The summed E-state index contributed by atoms with van der Waals surface area (Å²) in [6, 6.07) is 28.3. The first-order valence-electron chi connectivity index (χ1n) is 18.6. The standard InChI is InChI=1S/C44H46N4O7Si2/c1-31(21-23-51-43(49)33-9-14-37(15-10-33)53-39-18-13-35(27-45)36(25-39)28-46)29-56(5,6)55-57(7,8)30-32(2)22-24-52-44(50)34-11-16-38(17-12-34)54-40-19-20-41(47-3)42(26-40)48-4/h9-20,25-26,31-32H,21-24,29-30H2,1-2,5-8H3. The zero-order valence-electron chi connectivity index (χ0n) is 33.1. The van der Waals surface area contributed by atoms with Crippen LogP contribution in [0.25, 0.3) is 9.69 Å². The minimum absolute atomic E-state index is 0.220. The maximum atomic E-state index is 12.7. The van der Waals surface area contributed by atoms with Gasteiger partial charge in [-0.05, 0) is 142 Å². The molecule has 57 heavy (non-hydrogen) atoms. The SMILES string of the molecule is [C-]#[N+]c1ccc(Oc2ccc(C(=O)OCCC(C)C[Si](C)(C)O[Si](C)(C)CC(C)CCOC(=O)c3ccc(Oc4ccc(C#N)c(C#N)c4)cc3)cc2)cc1[N+]#[C-]. The predicted molar refractivity (Wildman–Crippen MR) is 222 cm³/mol. The summed E-state index contributed by atoms with van der Waals surface area (Å²) in [5, 5.41) is 18.4. The van der Waals surface area contributed by atoms with E-state index in [0.717, 1.165) is 18.5 Å². The third kappa shape index (κ3) is 13.5. The number of ether oxygens (including phenoxy) is 4. The average Bonchev–Trinajstić information content (AvgIpc) is 3.17. The van der Waals surface area contributed by atoms with Crippen molar-refractivity contribution in [1.82, 2.24) is 0 Å². The van der Waals surface area contributed by atoms with E-state index in [1.807, 2.05) is 12.1 Å². The van der Waals surface area contributed by atoms with Crippen LogP contribution in [-0.4, -0.2) is 41.8 Å². The van der Waals surface area contributed by atoms with Gasteiger partial charge in [0.05, 0.1) is 48.6 Å². The molecule has 0 N–H and O–H groups in total. The van der Waals surface area contributed by atoms with Gasteiger partial charge in [-0.15, -0.1) is 0 Å². The van der Waals surface area contributed by atoms with Crippen molar-refractivity contribution < 1.29 is 32.7 Å². The molecule has 4 aromatic carbocycles. The normalized spacial score (nSPS) is 12.1. The van der Waals surface area contributed by atoms with Crippen molar-refractivity contribution in [3.8, 4) is 35.1 Å². The lowest BCUT2D eigenvalue weighted by Crippen LogP contribution is -2.46. The Morgan fingerprint density at radius 3 is 1.47 bits per heavy atom. The highest BCUT2D eigenvalue weighted by Gasteiger charge is 2.35. The Morgan fingerprint density at radius 1 is 0.614 bits per heavy atom. The number of rotatable bonds is 18. The fourth-order valence-corrected chi connectivity index (χ4v) is 17.1. The van der Waals surface area contributed by atoms with Crippen LogP contribution in [0.3, 0.4) is 0 Å². The summed E-state index contributed by atoms with van der Waals surface area (Å²) in [4.78, 5) is 32.2. The first kappa shape index (κ1) is 43.5. The molecule has 13 heteroatoms. The molecule has 0 bridgehead atoms. The van der Waals surface area contributed by atoms with Crippen molar-refractivity contribution in [2.75, 3.05) is 13.2 Å². The van der Waals surface area contributed by atoms with Crippen molar-refractivity contribution in [3.63, 3.8) is 0 Å². The molecule has 0 heterocycles. The van der Waals surface area contributed by atoms with Crippen molar-refractivity contribution in [2.45, 2.75) is 65.0 Å². The Kier molecular flexibility index (Phi) is 15.3. The lowest BCUT2D eigenvalue weighted by molar-refractivity contribution is 0.0478. The zero-order valence-corrected chi connectivity index (χ0v) is 35.1. The molecule has 0 aliphatic heterocycles. The molecule has 0 fully saturated rings. The molecule has 0 saturated heterocycles. The number of nitriles is 2. The van der Waals surface area contributed by atoms with E-state index in [1.165, 1.54) is 18.2 Å². The molecule has 11 nitrogen and oxygen atoms in total. The van der Waals surface area contributed by atoms with E-state index in [-0.39, 0.29) is 22.5 Å². The second-order valence-corrected chi connectivity index (χ2v) is 23.8. The molecule has 0 aliphatic carbocycles. The summed E-state index contributed by atoms with van der Waals surface area (Å²) in [5.41, 5.74) is 1.81. The number of hydrogen-bond acceptors (Lipinski definition) is 9. The zero-order chi connectivity index (χ0) is 41.6. The van der Waals surface area contributed by atoms with Gasteiger partial charge < -0.3 is 23.1 Å². The van der Waals surface area contributed by atoms with Gasteiger partial charge in [0, 0.05) is 0 Å². The van der Waals surface area contributed by atoms with Gasteiger partial charge in [0.1, 0.15) is 35.1 Å². The van der Waals surface area contributed by atoms with E-state index in [0.29, 0.717) is 65.6 Å². The number of carbonyl (C=O) groups excluding carboxylic acids is 2. The largest absolute Gasteiger partial charge is 0.462 e. The summed E-state index contributed by atoms with van der Waals surface area (Å²) in [6.45, 7) is 28.3. The summed E-state index contributed by atoms with van der Waals surface area (Å²) in [5.74, 6) is 1.61. The smallest absolute Gasteiger partial charge is 0.338 e. The molecule has 292 valence electrons. The minimum atomic E-state index is -2.04. The molecule has 0 spiro atoms. The first-order valence-corrected chi connectivity index (χ1v) is 24.8. The Morgan fingerprint density at radius 2 is 1.04 bits per heavy atom. The molecule has 0 saturated carbocycles. The van der Waals surface area contributed by atoms with Gasteiger partial charge in [0.15, 0.2) is 28.0 Å². The number of esters is 2. The van der Waals surface area contributed by atoms with Gasteiger partial charge in [0.25, 0.3) is 0 Å². The number of nitrogens with zero attached hydrogens (tertiary/aromatic N) is 4. The monoisotopic (exact) mass is 798 g/mol. The lowest BCUT2D eigenvalue weighted by Gasteiger charge is -2.37. The molecule has 0 amide bonds. The second kappa shape index (κ2) is 20.1.